The van der Waals surface area contributed by atoms with Crippen molar-refractivity contribution in [1.82, 2.24) is 0 Å². The molecule has 1 aliphatic rings. The number of esters is 1. The molecule has 4 heteroatoms. The van der Waals surface area contributed by atoms with Crippen LogP contribution in [0.3, 0.4) is 0 Å². The highest BCUT2D eigenvalue weighted by Crippen LogP contribution is 2.34. The van der Waals surface area contributed by atoms with Crippen molar-refractivity contribution in [2.75, 3.05) is 19.8 Å². The van der Waals surface area contributed by atoms with Crippen LogP contribution in [0.4, 0.5) is 0 Å². The third-order valence-corrected chi connectivity index (χ3v) is 6.75. The highest BCUT2D eigenvalue weighted by Gasteiger charge is 2.15. The number of carbonyl (C=O) groups excluding carboxylic acids is 1. The van der Waals surface area contributed by atoms with Crippen LogP contribution in [0.15, 0.2) is 61.2 Å². The molecule has 0 spiro atoms. The van der Waals surface area contributed by atoms with E-state index < -0.39 is 5.97 Å². The van der Waals surface area contributed by atoms with Crippen LogP contribution in [0.5, 0.6) is 5.75 Å². The standard InChI is InChI=1S/C31H40O4/c1-3-5-6-8-24-10-12-25(13-11-24)26-14-16-27(17-15-26)29-19-18-28(9-7-20-32)30(23-29)34-21-22-35-31(33)4-2/h4,12,14-19,23-24,32H,2-3,5-11,13,20-22H2,1H3. The number of aliphatic hydroxyl groups is 1. The van der Waals surface area contributed by atoms with Crippen LogP contribution in [0.1, 0.15) is 69.4 Å². The van der Waals surface area contributed by atoms with Crippen LogP contribution < -0.4 is 4.74 Å². The Morgan fingerprint density at radius 2 is 1.83 bits per heavy atom. The lowest BCUT2D eigenvalue weighted by molar-refractivity contribution is -0.138. The van der Waals surface area contributed by atoms with Gasteiger partial charge in [0.25, 0.3) is 0 Å². The smallest absolute Gasteiger partial charge is 0.330 e. The summed E-state index contributed by atoms with van der Waals surface area (Å²) in [5.41, 5.74) is 6.05. The summed E-state index contributed by atoms with van der Waals surface area (Å²) in [5, 5.41) is 9.24. The first-order chi connectivity index (χ1) is 17.1. The highest BCUT2D eigenvalue weighted by molar-refractivity contribution is 5.81. The molecular weight excluding hydrogens is 436 g/mol. The van der Waals surface area contributed by atoms with Crippen molar-refractivity contribution >= 4 is 11.5 Å². The maximum absolute atomic E-state index is 11.3. The summed E-state index contributed by atoms with van der Waals surface area (Å²) in [6.45, 7) is 6.23. The Labute approximate surface area is 210 Å². The number of ether oxygens (including phenoxy) is 2. The summed E-state index contributed by atoms with van der Waals surface area (Å²) < 4.78 is 11.0. The second-order valence-electron chi connectivity index (χ2n) is 9.31. The SMILES string of the molecule is C=CC(=O)OCCOc1cc(-c2ccc(C3=CCC(CCCCC)CC3)cc2)ccc1CCCO. The zero-order valence-electron chi connectivity index (χ0n) is 21.1. The summed E-state index contributed by atoms with van der Waals surface area (Å²) in [6.07, 6.45) is 14.1. The molecule has 0 fully saturated rings. The zero-order chi connectivity index (χ0) is 24.9. The van der Waals surface area contributed by atoms with E-state index in [4.69, 9.17) is 9.47 Å². The van der Waals surface area contributed by atoms with Gasteiger partial charge in [0.1, 0.15) is 19.0 Å². The van der Waals surface area contributed by atoms with E-state index in [-0.39, 0.29) is 19.8 Å². The molecule has 35 heavy (non-hydrogen) atoms. The maximum Gasteiger partial charge on any atom is 0.330 e. The van der Waals surface area contributed by atoms with Crippen LogP contribution >= 0.6 is 0 Å². The second-order valence-corrected chi connectivity index (χ2v) is 9.31. The van der Waals surface area contributed by atoms with Crippen LogP contribution in [0.2, 0.25) is 0 Å². The molecule has 0 bridgehead atoms. The van der Waals surface area contributed by atoms with Gasteiger partial charge in [-0.3, -0.25) is 0 Å². The molecule has 0 saturated heterocycles. The van der Waals surface area contributed by atoms with Gasteiger partial charge < -0.3 is 14.6 Å². The fourth-order valence-electron chi connectivity index (χ4n) is 4.67. The fraction of sp³-hybridized carbons (Fsp3) is 0.452. The fourth-order valence-corrected chi connectivity index (χ4v) is 4.67. The van der Waals surface area contributed by atoms with Crippen LogP contribution in [-0.4, -0.2) is 30.9 Å². The van der Waals surface area contributed by atoms with Gasteiger partial charge in [-0.05, 0) is 71.9 Å². The average Bonchev–Trinajstić information content (AvgIpc) is 2.90. The molecule has 2 aromatic rings. The number of unbranched alkanes of at least 4 members (excludes halogenated alkanes) is 2. The molecule has 0 aliphatic heterocycles. The first-order valence-corrected chi connectivity index (χ1v) is 13.1. The number of aliphatic hydroxyl groups excluding tert-OH is 1. The van der Waals surface area contributed by atoms with Crippen molar-refractivity contribution in [3.8, 4) is 16.9 Å². The Hall–Kier alpha value is -2.85. The monoisotopic (exact) mass is 476 g/mol. The van der Waals surface area contributed by atoms with Gasteiger partial charge in [-0.1, -0.05) is 81.7 Å². The van der Waals surface area contributed by atoms with Crippen molar-refractivity contribution in [1.29, 1.82) is 0 Å². The molecule has 2 aromatic carbocycles. The summed E-state index contributed by atoms with van der Waals surface area (Å²) in [7, 11) is 0. The van der Waals surface area contributed by atoms with E-state index in [1.54, 1.807) is 0 Å². The predicted octanol–water partition coefficient (Wildman–Crippen LogP) is 7.15. The first kappa shape index (κ1) is 26.7. The highest BCUT2D eigenvalue weighted by atomic mass is 16.6. The van der Waals surface area contributed by atoms with Gasteiger partial charge in [0.05, 0.1) is 0 Å². The van der Waals surface area contributed by atoms with Gasteiger partial charge in [0, 0.05) is 12.7 Å². The Bertz CT molecular complexity index is 974. The quantitative estimate of drug-likeness (QED) is 0.179. The molecule has 1 atom stereocenters. The number of rotatable bonds is 14. The molecule has 1 aliphatic carbocycles. The third kappa shape index (κ3) is 8.40. The molecule has 4 nitrogen and oxygen atoms in total. The lowest BCUT2D eigenvalue weighted by Crippen LogP contribution is -2.11. The zero-order valence-corrected chi connectivity index (χ0v) is 21.1. The molecule has 3 rings (SSSR count). The molecular formula is C31H40O4. The van der Waals surface area contributed by atoms with E-state index in [2.05, 4.69) is 56.0 Å². The van der Waals surface area contributed by atoms with E-state index in [1.807, 2.05) is 6.07 Å². The maximum atomic E-state index is 11.3. The number of hydrogen-bond donors (Lipinski definition) is 1. The lowest BCUT2D eigenvalue weighted by atomic mass is 9.83. The van der Waals surface area contributed by atoms with Gasteiger partial charge in [-0.25, -0.2) is 4.79 Å². The normalized spacial score (nSPS) is 15.4. The third-order valence-electron chi connectivity index (χ3n) is 6.75. The number of allylic oxidation sites excluding steroid dienone is 2. The van der Waals surface area contributed by atoms with E-state index in [0.29, 0.717) is 6.42 Å². The molecule has 0 radical (unpaired) electrons. The number of hydrogen-bond acceptors (Lipinski definition) is 4. The molecule has 0 aromatic heterocycles. The Balaban J connectivity index is 1.66. The summed E-state index contributed by atoms with van der Waals surface area (Å²) >= 11 is 0. The van der Waals surface area contributed by atoms with Gasteiger partial charge >= 0.3 is 5.97 Å². The number of aryl methyl sites for hydroxylation is 1. The summed E-state index contributed by atoms with van der Waals surface area (Å²) in [6, 6.07) is 15.0. The Morgan fingerprint density at radius 3 is 2.51 bits per heavy atom. The van der Waals surface area contributed by atoms with Crippen LogP contribution in [-0.2, 0) is 16.0 Å². The summed E-state index contributed by atoms with van der Waals surface area (Å²) in [4.78, 5) is 11.3. The minimum absolute atomic E-state index is 0.134. The Kier molecular flexibility index (Phi) is 11.1. The van der Waals surface area contributed by atoms with Crippen molar-refractivity contribution in [3.05, 3.63) is 72.3 Å². The van der Waals surface area contributed by atoms with Gasteiger partial charge in [0.15, 0.2) is 0 Å². The largest absolute Gasteiger partial charge is 0.490 e. The van der Waals surface area contributed by atoms with Gasteiger partial charge in [-0.2, -0.15) is 0 Å². The second kappa shape index (κ2) is 14.5. The first-order valence-electron chi connectivity index (χ1n) is 13.1. The summed E-state index contributed by atoms with van der Waals surface area (Å²) in [5.74, 6) is 1.16. The molecule has 0 saturated carbocycles. The Morgan fingerprint density at radius 1 is 1.06 bits per heavy atom. The van der Waals surface area contributed by atoms with E-state index in [1.165, 1.54) is 56.1 Å². The van der Waals surface area contributed by atoms with Crippen molar-refractivity contribution in [2.45, 2.75) is 64.7 Å². The average molecular weight is 477 g/mol. The van der Waals surface area contributed by atoms with Crippen molar-refractivity contribution < 1.29 is 19.4 Å². The molecule has 0 amide bonds. The minimum Gasteiger partial charge on any atom is -0.490 e. The van der Waals surface area contributed by atoms with E-state index in [0.717, 1.165) is 40.9 Å². The molecule has 0 heterocycles. The van der Waals surface area contributed by atoms with Gasteiger partial charge in [0.2, 0.25) is 0 Å². The van der Waals surface area contributed by atoms with Crippen LogP contribution in [0, 0.1) is 5.92 Å². The van der Waals surface area contributed by atoms with Crippen molar-refractivity contribution in [3.63, 3.8) is 0 Å². The molecule has 1 N–H and O–H groups in total. The van der Waals surface area contributed by atoms with Crippen LogP contribution in [0.25, 0.3) is 16.7 Å². The number of carbonyl (C=O) groups is 1. The van der Waals surface area contributed by atoms with E-state index >= 15 is 0 Å². The van der Waals surface area contributed by atoms with Gasteiger partial charge in [-0.15, -0.1) is 0 Å². The predicted molar refractivity (Wildman–Crippen MR) is 143 cm³/mol. The molecule has 188 valence electrons. The topological polar surface area (TPSA) is 55.8 Å². The van der Waals surface area contributed by atoms with Crippen molar-refractivity contribution in [2.24, 2.45) is 5.92 Å². The molecule has 1 unspecified atom stereocenters. The minimum atomic E-state index is -0.456. The lowest BCUT2D eigenvalue weighted by Gasteiger charge is -2.22. The number of benzene rings is 2. The van der Waals surface area contributed by atoms with E-state index in [9.17, 15) is 9.90 Å².